The Morgan fingerprint density at radius 2 is 1.76 bits per heavy atom. The van der Waals surface area contributed by atoms with Crippen LogP contribution in [0.1, 0.15) is 0 Å². The standard InChI is InChI=1S/C24H21ClN4O3S/c1-31-19-11-8-16(9-12-19)23-27-28-24(29(23)18-6-4-3-5-7-18)33-15-22(30)26-17-10-13-21(32-2)20(25)14-17/h3-14H,15H2,1-2H3,(H,26,30). The van der Waals surface area contributed by atoms with E-state index in [-0.39, 0.29) is 11.7 Å². The van der Waals surface area contributed by atoms with E-state index in [1.807, 2.05) is 59.2 Å². The van der Waals surface area contributed by atoms with Crippen molar-refractivity contribution in [1.82, 2.24) is 14.8 Å². The molecule has 3 aromatic carbocycles. The fourth-order valence-electron chi connectivity index (χ4n) is 3.17. The summed E-state index contributed by atoms with van der Waals surface area (Å²) in [5.74, 6) is 1.95. The molecule has 9 heteroatoms. The maximum atomic E-state index is 12.6. The lowest BCUT2D eigenvalue weighted by molar-refractivity contribution is -0.113. The molecule has 0 saturated heterocycles. The highest BCUT2D eigenvalue weighted by molar-refractivity contribution is 7.99. The number of nitrogens with zero attached hydrogens (tertiary/aromatic N) is 3. The molecule has 0 radical (unpaired) electrons. The molecular weight excluding hydrogens is 460 g/mol. The predicted octanol–water partition coefficient (Wildman–Crippen LogP) is 5.34. The van der Waals surface area contributed by atoms with Crippen molar-refractivity contribution in [2.75, 3.05) is 25.3 Å². The Balaban J connectivity index is 1.55. The molecule has 0 aliphatic carbocycles. The number of methoxy groups -OCH3 is 2. The highest BCUT2D eigenvalue weighted by Gasteiger charge is 2.17. The summed E-state index contributed by atoms with van der Waals surface area (Å²) in [6.07, 6.45) is 0. The summed E-state index contributed by atoms with van der Waals surface area (Å²) in [5.41, 5.74) is 2.38. The van der Waals surface area contributed by atoms with Gasteiger partial charge in [-0.1, -0.05) is 41.6 Å². The number of nitrogens with one attached hydrogen (secondary N) is 1. The number of carbonyl (C=O) groups excluding carboxylic acids is 1. The number of benzene rings is 3. The molecule has 168 valence electrons. The van der Waals surface area contributed by atoms with Crippen molar-refractivity contribution in [2.24, 2.45) is 0 Å². The maximum absolute atomic E-state index is 12.6. The largest absolute Gasteiger partial charge is 0.497 e. The topological polar surface area (TPSA) is 78.3 Å². The molecule has 0 saturated carbocycles. The summed E-state index contributed by atoms with van der Waals surface area (Å²) in [4.78, 5) is 12.6. The second kappa shape index (κ2) is 10.4. The number of thioether (sulfide) groups is 1. The van der Waals surface area contributed by atoms with Crippen LogP contribution in [0.2, 0.25) is 5.02 Å². The van der Waals surface area contributed by atoms with Crippen molar-refractivity contribution in [3.8, 4) is 28.6 Å². The molecule has 0 aliphatic heterocycles. The maximum Gasteiger partial charge on any atom is 0.234 e. The molecule has 0 atom stereocenters. The molecule has 1 heterocycles. The van der Waals surface area contributed by atoms with Gasteiger partial charge in [-0.3, -0.25) is 9.36 Å². The van der Waals surface area contributed by atoms with Gasteiger partial charge < -0.3 is 14.8 Å². The number of hydrogen-bond donors (Lipinski definition) is 1. The molecule has 0 fully saturated rings. The Morgan fingerprint density at radius 3 is 2.42 bits per heavy atom. The van der Waals surface area contributed by atoms with E-state index in [0.717, 1.165) is 17.0 Å². The van der Waals surface area contributed by atoms with Crippen LogP contribution in [0.25, 0.3) is 17.1 Å². The van der Waals surface area contributed by atoms with Crippen LogP contribution < -0.4 is 14.8 Å². The van der Waals surface area contributed by atoms with Gasteiger partial charge in [0.1, 0.15) is 11.5 Å². The van der Waals surface area contributed by atoms with Gasteiger partial charge >= 0.3 is 0 Å². The summed E-state index contributed by atoms with van der Waals surface area (Å²) in [7, 11) is 3.17. The number of anilines is 1. The minimum atomic E-state index is -0.185. The van der Waals surface area contributed by atoms with Gasteiger partial charge in [-0.2, -0.15) is 0 Å². The first-order valence-corrected chi connectivity index (χ1v) is 11.4. The SMILES string of the molecule is COc1ccc(-c2nnc(SCC(=O)Nc3ccc(OC)c(Cl)c3)n2-c2ccccc2)cc1. The van der Waals surface area contributed by atoms with Crippen molar-refractivity contribution in [1.29, 1.82) is 0 Å². The van der Waals surface area contributed by atoms with Crippen LogP contribution in [0.3, 0.4) is 0 Å². The van der Waals surface area contributed by atoms with Gasteiger partial charge in [0.2, 0.25) is 5.91 Å². The minimum Gasteiger partial charge on any atom is -0.497 e. The molecular formula is C24H21ClN4O3S. The normalized spacial score (nSPS) is 10.6. The van der Waals surface area contributed by atoms with Crippen LogP contribution in [-0.4, -0.2) is 40.6 Å². The fourth-order valence-corrected chi connectivity index (χ4v) is 4.18. The number of ether oxygens (including phenoxy) is 2. The Bertz CT molecular complexity index is 1250. The van der Waals surface area contributed by atoms with Crippen molar-refractivity contribution in [3.05, 3.63) is 77.8 Å². The quantitative estimate of drug-likeness (QED) is 0.343. The second-order valence-corrected chi connectivity index (χ2v) is 8.24. The van der Waals surface area contributed by atoms with Crippen LogP contribution in [0.5, 0.6) is 11.5 Å². The van der Waals surface area contributed by atoms with Crippen LogP contribution in [0.4, 0.5) is 5.69 Å². The molecule has 33 heavy (non-hydrogen) atoms. The lowest BCUT2D eigenvalue weighted by Crippen LogP contribution is -2.14. The third-order valence-corrected chi connectivity index (χ3v) is 5.99. The van der Waals surface area contributed by atoms with E-state index in [0.29, 0.717) is 27.4 Å². The highest BCUT2D eigenvalue weighted by atomic mass is 35.5. The summed E-state index contributed by atoms with van der Waals surface area (Å²) >= 11 is 7.44. The number of aromatic nitrogens is 3. The Morgan fingerprint density at radius 1 is 1.00 bits per heavy atom. The van der Waals surface area contributed by atoms with Crippen molar-refractivity contribution in [2.45, 2.75) is 5.16 Å². The second-order valence-electron chi connectivity index (χ2n) is 6.89. The monoisotopic (exact) mass is 480 g/mol. The van der Waals surface area contributed by atoms with Gasteiger partial charge in [0.05, 0.1) is 25.0 Å². The number of carbonyl (C=O) groups is 1. The average molecular weight is 481 g/mol. The molecule has 1 N–H and O–H groups in total. The third kappa shape index (κ3) is 5.30. The zero-order valence-corrected chi connectivity index (χ0v) is 19.6. The average Bonchev–Trinajstić information content (AvgIpc) is 3.27. The van der Waals surface area contributed by atoms with Crippen LogP contribution >= 0.6 is 23.4 Å². The number of halogens is 1. The van der Waals surface area contributed by atoms with E-state index in [1.165, 1.54) is 11.8 Å². The van der Waals surface area contributed by atoms with Crippen LogP contribution in [0, 0.1) is 0 Å². The van der Waals surface area contributed by atoms with Gasteiger partial charge in [0.15, 0.2) is 11.0 Å². The van der Waals surface area contributed by atoms with Gasteiger partial charge in [-0.05, 0) is 54.6 Å². The summed E-state index contributed by atoms with van der Waals surface area (Å²) < 4.78 is 12.3. The van der Waals surface area contributed by atoms with Crippen LogP contribution in [0.15, 0.2) is 78.0 Å². The zero-order valence-electron chi connectivity index (χ0n) is 18.0. The molecule has 4 aromatic rings. The first-order valence-electron chi connectivity index (χ1n) is 10.0. The van der Waals surface area contributed by atoms with E-state index >= 15 is 0 Å². The minimum absolute atomic E-state index is 0.150. The molecule has 7 nitrogen and oxygen atoms in total. The molecule has 0 unspecified atom stereocenters. The van der Waals surface area contributed by atoms with Crippen molar-refractivity contribution in [3.63, 3.8) is 0 Å². The summed E-state index contributed by atoms with van der Waals surface area (Å²) in [6.45, 7) is 0. The molecule has 0 spiro atoms. The van der Waals surface area contributed by atoms with E-state index in [4.69, 9.17) is 21.1 Å². The van der Waals surface area contributed by atoms with E-state index < -0.39 is 0 Å². The first-order chi connectivity index (χ1) is 16.1. The lowest BCUT2D eigenvalue weighted by Gasteiger charge is -2.11. The summed E-state index contributed by atoms with van der Waals surface area (Å²) in [6, 6.07) is 22.5. The van der Waals surface area contributed by atoms with Crippen LogP contribution in [-0.2, 0) is 4.79 Å². The van der Waals surface area contributed by atoms with Crippen molar-refractivity contribution >= 4 is 35.0 Å². The Hall–Kier alpha value is -3.49. The molecule has 1 amide bonds. The first kappa shape index (κ1) is 22.7. The Kier molecular flexibility index (Phi) is 7.16. The molecule has 0 aliphatic rings. The van der Waals surface area contributed by atoms with Gasteiger partial charge in [0.25, 0.3) is 0 Å². The molecule has 0 bridgehead atoms. The van der Waals surface area contributed by atoms with Gasteiger partial charge in [-0.15, -0.1) is 10.2 Å². The highest BCUT2D eigenvalue weighted by Crippen LogP contribution is 2.30. The number of amides is 1. The zero-order chi connectivity index (χ0) is 23.2. The van der Waals surface area contributed by atoms with E-state index in [2.05, 4.69) is 15.5 Å². The number of rotatable bonds is 8. The number of hydrogen-bond acceptors (Lipinski definition) is 6. The van der Waals surface area contributed by atoms with E-state index in [1.54, 1.807) is 32.4 Å². The molecule has 1 aromatic heterocycles. The van der Waals surface area contributed by atoms with E-state index in [9.17, 15) is 4.79 Å². The van der Waals surface area contributed by atoms with Gasteiger partial charge in [-0.25, -0.2) is 0 Å². The number of para-hydroxylation sites is 1. The smallest absolute Gasteiger partial charge is 0.234 e. The Labute approximate surface area is 200 Å². The molecule has 4 rings (SSSR count). The summed E-state index contributed by atoms with van der Waals surface area (Å²) in [5, 5.41) is 12.6. The predicted molar refractivity (Wildman–Crippen MR) is 131 cm³/mol. The third-order valence-electron chi connectivity index (χ3n) is 4.76. The van der Waals surface area contributed by atoms with Crippen molar-refractivity contribution < 1.29 is 14.3 Å². The lowest BCUT2D eigenvalue weighted by atomic mass is 10.2. The van der Waals surface area contributed by atoms with Gasteiger partial charge in [0, 0.05) is 16.9 Å². The fraction of sp³-hybridized carbons (Fsp3) is 0.125.